The van der Waals surface area contributed by atoms with E-state index in [1.165, 1.54) is 25.7 Å². The molecule has 0 bridgehead atoms. The predicted molar refractivity (Wildman–Crippen MR) is 72.7 cm³/mol. The molecule has 2 N–H and O–H groups in total. The minimum Gasteiger partial charge on any atom is -0.323 e. The van der Waals surface area contributed by atoms with Crippen LogP contribution in [0.3, 0.4) is 0 Å². The molecular formula is C14H19F2NS. The van der Waals surface area contributed by atoms with Gasteiger partial charge in [0, 0.05) is 22.6 Å². The fourth-order valence-corrected chi connectivity index (χ4v) is 3.66. The van der Waals surface area contributed by atoms with E-state index in [-0.39, 0.29) is 0 Å². The average molecular weight is 271 g/mol. The van der Waals surface area contributed by atoms with Crippen LogP contribution in [0.2, 0.25) is 0 Å². The third-order valence-electron chi connectivity index (χ3n) is 3.52. The Bertz CT molecular complexity index is 417. The summed E-state index contributed by atoms with van der Waals surface area (Å²) in [6, 6.07) is 2.77. The summed E-state index contributed by atoms with van der Waals surface area (Å²) in [5.41, 5.74) is 6.59. The number of hydrogen-bond donors (Lipinski definition) is 1. The zero-order chi connectivity index (χ0) is 13.1. The molecule has 1 aliphatic rings. The van der Waals surface area contributed by atoms with Gasteiger partial charge < -0.3 is 5.73 Å². The Kier molecular flexibility index (Phi) is 4.62. The second-order valence-electron chi connectivity index (χ2n) is 4.95. The standard InChI is InChI=1S/C14H19F2NS/c1-9-6-7-11(14(16)13(9)15)12(17)8-18-10-4-2-3-5-10/h6-7,10,12H,2-5,8,17H2,1H3. The first-order chi connectivity index (χ1) is 8.59. The summed E-state index contributed by atoms with van der Waals surface area (Å²) in [6.45, 7) is 1.56. The van der Waals surface area contributed by atoms with Crippen LogP contribution in [0, 0.1) is 18.6 Å². The molecule has 0 saturated heterocycles. The zero-order valence-corrected chi connectivity index (χ0v) is 11.4. The van der Waals surface area contributed by atoms with Gasteiger partial charge >= 0.3 is 0 Å². The van der Waals surface area contributed by atoms with E-state index >= 15 is 0 Å². The number of hydrogen-bond acceptors (Lipinski definition) is 2. The number of thioether (sulfide) groups is 1. The highest BCUT2D eigenvalue weighted by molar-refractivity contribution is 7.99. The lowest BCUT2D eigenvalue weighted by Gasteiger charge is -2.16. The van der Waals surface area contributed by atoms with E-state index in [0.717, 1.165) is 0 Å². The number of halogens is 2. The predicted octanol–water partition coefficient (Wildman–Crippen LogP) is 3.95. The van der Waals surface area contributed by atoms with Gasteiger partial charge in [0.15, 0.2) is 11.6 Å². The summed E-state index contributed by atoms with van der Waals surface area (Å²) in [7, 11) is 0. The van der Waals surface area contributed by atoms with Crippen molar-refractivity contribution in [3.63, 3.8) is 0 Å². The van der Waals surface area contributed by atoms with Gasteiger partial charge in [0.2, 0.25) is 0 Å². The molecule has 0 aliphatic heterocycles. The van der Waals surface area contributed by atoms with E-state index in [9.17, 15) is 8.78 Å². The van der Waals surface area contributed by atoms with Crippen LogP contribution in [0.15, 0.2) is 12.1 Å². The van der Waals surface area contributed by atoms with E-state index in [2.05, 4.69) is 0 Å². The Morgan fingerprint density at radius 2 is 1.94 bits per heavy atom. The molecule has 1 saturated carbocycles. The number of aryl methyl sites for hydroxylation is 1. The van der Waals surface area contributed by atoms with Crippen molar-refractivity contribution in [3.05, 3.63) is 34.9 Å². The lowest BCUT2D eigenvalue weighted by atomic mass is 10.1. The summed E-state index contributed by atoms with van der Waals surface area (Å²) in [5.74, 6) is -0.896. The second-order valence-corrected chi connectivity index (χ2v) is 6.28. The van der Waals surface area contributed by atoms with E-state index in [4.69, 9.17) is 5.73 Å². The van der Waals surface area contributed by atoms with E-state index in [1.54, 1.807) is 30.8 Å². The Morgan fingerprint density at radius 3 is 2.61 bits per heavy atom. The van der Waals surface area contributed by atoms with Crippen LogP contribution in [-0.4, -0.2) is 11.0 Å². The SMILES string of the molecule is Cc1ccc(C(N)CSC2CCCC2)c(F)c1F. The van der Waals surface area contributed by atoms with Gasteiger partial charge in [-0.05, 0) is 25.3 Å². The minimum atomic E-state index is -0.783. The number of benzene rings is 1. The van der Waals surface area contributed by atoms with Crippen molar-refractivity contribution >= 4 is 11.8 Å². The van der Waals surface area contributed by atoms with Crippen LogP contribution < -0.4 is 5.73 Å². The Morgan fingerprint density at radius 1 is 1.28 bits per heavy atom. The molecule has 1 atom stereocenters. The molecule has 2 rings (SSSR count). The molecule has 0 radical (unpaired) electrons. The molecule has 1 aromatic carbocycles. The van der Waals surface area contributed by atoms with Crippen molar-refractivity contribution in [2.75, 3.05) is 5.75 Å². The average Bonchev–Trinajstić information content (AvgIpc) is 2.86. The lowest BCUT2D eigenvalue weighted by Crippen LogP contribution is -2.17. The molecular weight excluding hydrogens is 252 g/mol. The van der Waals surface area contributed by atoms with Crippen LogP contribution in [0.1, 0.15) is 42.9 Å². The van der Waals surface area contributed by atoms with Crippen LogP contribution in [0.5, 0.6) is 0 Å². The quantitative estimate of drug-likeness (QED) is 0.897. The van der Waals surface area contributed by atoms with E-state index in [1.807, 2.05) is 0 Å². The number of nitrogens with two attached hydrogens (primary N) is 1. The van der Waals surface area contributed by atoms with Crippen LogP contribution in [-0.2, 0) is 0 Å². The van der Waals surface area contributed by atoms with Gasteiger partial charge in [-0.3, -0.25) is 0 Å². The molecule has 0 spiro atoms. The molecule has 100 valence electrons. The first kappa shape index (κ1) is 13.8. The molecule has 0 aromatic heterocycles. The fraction of sp³-hybridized carbons (Fsp3) is 0.571. The fourth-order valence-electron chi connectivity index (χ4n) is 2.33. The molecule has 1 nitrogen and oxygen atoms in total. The van der Waals surface area contributed by atoms with Gasteiger partial charge in [-0.15, -0.1) is 0 Å². The largest absolute Gasteiger partial charge is 0.323 e. The maximum absolute atomic E-state index is 13.7. The normalized spacial score (nSPS) is 18.2. The van der Waals surface area contributed by atoms with Crippen molar-refractivity contribution in [2.24, 2.45) is 5.73 Å². The van der Waals surface area contributed by atoms with Gasteiger partial charge in [0.25, 0.3) is 0 Å². The Balaban J connectivity index is 1.99. The van der Waals surface area contributed by atoms with Crippen molar-refractivity contribution < 1.29 is 8.78 Å². The third kappa shape index (κ3) is 3.04. The molecule has 4 heteroatoms. The molecule has 18 heavy (non-hydrogen) atoms. The molecule has 1 fully saturated rings. The van der Waals surface area contributed by atoms with Crippen molar-refractivity contribution in [3.8, 4) is 0 Å². The highest BCUT2D eigenvalue weighted by Gasteiger charge is 2.20. The topological polar surface area (TPSA) is 26.0 Å². The van der Waals surface area contributed by atoms with Gasteiger partial charge in [-0.25, -0.2) is 8.78 Å². The molecule has 0 amide bonds. The monoisotopic (exact) mass is 271 g/mol. The van der Waals surface area contributed by atoms with E-state index < -0.39 is 17.7 Å². The van der Waals surface area contributed by atoms with Gasteiger partial charge in [-0.2, -0.15) is 11.8 Å². The highest BCUT2D eigenvalue weighted by Crippen LogP contribution is 2.32. The first-order valence-corrected chi connectivity index (χ1v) is 7.46. The van der Waals surface area contributed by atoms with Crippen molar-refractivity contribution in [2.45, 2.75) is 43.9 Å². The lowest BCUT2D eigenvalue weighted by molar-refractivity contribution is 0.487. The first-order valence-electron chi connectivity index (χ1n) is 6.41. The van der Waals surface area contributed by atoms with Gasteiger partial charge in [0.1, 0.15) is 0 Å². The smallest absolute Gasteiger partial charge is 0.163 e. The molecule has 1 aromatic rings. The summed E-state index contributed by atoms with van der Waals surface area (Å²) < 4.78 is 27.2. The third-order valence-corrected chi connectivity index (χ3v) is 5.01. The van der Waals surface area contributed by atoms with Gasteiger partial charge in [-0.1, -0.05) is 25.0 Å². The van der Waals surface area contributed by atoms with Crippen LogP contribution in [0.4, 0.5) is 8.78 Å². The molecule has 0 heterocycles. The van der Waals surface area contributed by atoms with Gasteiger partial charge in [0.05, 0.1) is 0 Å². The Labute approximate surface area is 111 Å². The minimum absolute atomic E-state index is 0.295. The summed E-state index contributed by atoms with van der Waals surface area (Å²) >= 11 is 1.79. The summed E-state index contributed by atoms with van der Waals surface area (Å²) in [4.78, 5) is 0. The number of rotatable bonds is 4. The van der Waals surface area contributed by atoms with Crippen LogP contribution >= 0.6 is 11.8 Å². The summed E-state index contributed by atoms with van der Waals surface area (Å²) in [5, 5.41) is 0.648. The maximum Gasteiger partial charge on any atom is 0.163 e. The zero-order valence-electron chi connectivity index (χ0n) is 10.6. The van der Waals surface area contributed by atoms with E-state index in [0.29, 0.717) is 22.1 Å². The Hall–Kier alpha value is -0.610. The highest BCUT2D eigenvalue weighted by atomic mass is 32.2. The summed E-state index contributed by atoms with van der Waals surface area (Å²) in [6.07, 6.45) is 5.01. The maximum atomic E-state index is 13.7. The van der Waals surface area contributed by atoms with Crippen molar-refractivity contribution in [1.82, 2.24) is 0 Å². The second kappa shape index (κ2) is 6.02. The van der Waals surface area contributed by atoms with Crippen LogP contribution in [0.25, 0.3) is 0 Å². The van der Waals surface area contributed by atoms with Crippen molar-refractivity contribution in [1.29, 1.82) is 0 Å². The molecule has 1 unspecified atom stereocenters. The molecule has 1 aliphatic carbocycles.